The van der Waals surface area contributed by atoms with Gasteiger partial charge in [0.25, 0.3) is 0 Å². The van der Waals surface area contributed by atoms with Crippen molar-refractivity contribution in [1.82, 2.24) is 9.80 Å². The zero-order valence-electron chi connectivity index (χ0n) is 21.1. The molecule has 0 bridgehead atoms. The Morgan fingerprint density at radius 2 is 2.09 bits per heavy atom. The Labute approximate surface area is 213 Å². The van der Waals surface area contributed by atoms with Crippen LogP contribution >= 0.6 is 11.3 Å². The number of carbonyl (C=O) groups is 1. The molecule has 7 heteroatoms. The fourth-order valence-electron chi connectivity index (χ4n) is 4.44. The summed E-state index contributed by atoms with van der Waals surface area (Å²) in [6.45, 7) is 9.15. The molecule has 1 amide bonds. The number of terminal acetylenes is 1. The number of hydrogen-bond acceptors (Lipinski definition) is 6. The molecular formula is C28H38N2O4S. The van der Waals surface area contributed by atoms with Gasteiger partial charge in [0.2, 0.25) is 5.91 Å². The van der Waals surface area contributed by atoms with E-state index in [9.17, 15) is 9.90 Å². The van der Waals surface area contributed by atoms with Crippen LogP contribution in [0.4, 0.5) is 0 Å². The lowest BCUT2D eigenvalue weighted by Gasteiger charge is -2.37. The van der Waals surface area contributed by atoms with Crippen LogP contribution in [0.25, 0.3) is 0 Å². The highest BCUT2D eigenvalue weighted by Gasteiger charge is 2.33. The highest BCUT2D eigenvalue weighted by molar-refractivity contribution is 7.10. The third-order valence-electron chi connectivity index (χ3n) is 6.23. The van der Waals surface area contributed by atoms with Gasteiger partial charge in [0.15, 0.2) is 0 Å². The molecule has 1 aromatic carbocycles. The Morgan fingerprint density at radius 3 is 2.77 bits per heavy atom. The van der Waals surface area contributed by atoms with E-state index in [0.29, 0.717) is 25.6 Å². The van der Waals surface area contributed by atoms with Crippen LogP contribution in [0.15, 0.2) is 35.7 Å². The standard InChI is InChI=1S/C28H38N2O4S/c1-5-13-29(17-23(31)19-33-15-6-2)18-28(32)30-14-11-27-25(12-16-35-27)26(30)20-34-24-9-7-22(8-10-24)21(3)4/h2,7-10,12,16,21,23,26,31H,5,11,13-15,17-20H2,1,3-4H3/t23-,26-/m0/s1. The van der Waals surface area contributed by atoms with Crippen LogP contribution in [-0.2, 0) is 16.0 Å². The Morgan fingerprint density at radius 1 is 1.31 bits per heavy atom. The molecule has 1 N–H and O–H groups in total. The summed E-state index contributed by atoms with van der Waals surface area (Å²) in [6.07, 6.45) is 6.25. The zero-order chi connectivity index (χ0) is 25.2. The van der Waals surface area contributed by atoms with Crippen molar-refractivity contribution < 1.29 is 19.4 Å². The van der Waals surface area contributed by atoms with E-state index in [1.54, 1.807) is 11.3 Å². The van der Waals surface area contributed by atoms with Gasteiger partial charge in [0.05, 0.1) is 25.3 Å². The lowest BCUT2D eigenvalue weighted by atomic mass is 10.00. The van der Waals surface area contributed by atoms with Crippen molar-refractivity contribution in [2.45, 2.75) is 51.7 Å². The summed E-state index contributed by atoms with van der Waals surface area (Å²) in [5.74, 6) is 3.73. The molecule has 0 unspecified atom stereocenters. The molecule has 0 fully saturated rings. The van der Waals surface area contributed by atoms with Gasteiger partial charge in [0.1, 0.15) is 19.0 Å². The maximum atomic E-state index is 13.5. The molecule has 2 heterocycles. The average molecular weight is 499 g/mol. The van der Waals surface area contributed by atoms with Crippen LogP contribution in [0.2, 0.25) is 0 Å². The average Bonchev–Trinajstić information content (AvgIpc) is 3.32. The van der Waals surface area contributed by atoms with Crippen molar-refractivity contribution in [2.75, 3.05) is 46.0 Å². The van der Waals surface area contributed by atoms with Crippen molar-refractivity contribution in [1.29, 1.82) is 0 Å². The van der Waals surface area contributed by atoms with Crippen LogP contribution in [0, 0.1) is 12.3 Å². The minimum atomic E-state index is -0.694. The Hall–Kier alpha value is -2.37. The van der Waals surface area contributed by atoms with Crippen LogP contribution in [-0.4, -0.2) is 72.9 Å². The monoisotopic (exact) mass is 498 g/mol. The van der Waals surface area contributed by atoms with Gasteiger partial charge in [-0.05, 0) is 60.0 Å². The summed E-state index contributed by atoms with van der Waals surface area (Å²) in [4.78, 5) is 18.8. The lowest BCUT2D eigenvalue weighted by Crippen LogP contribution is -2.48. The summed E-state index contributed by atoms with van der Waals surface area (Å²) < 4.78 is 11.4. The van der Waals surface area contributed by atoms with E-state index >= 15 is 0 Å². The molecule has 2 aromatic rings. The second-order valence-electron chi connectivity index (χ2n) is 9.29. The van der Waals surface area contributed by atoms with Gasteiger partial charge in [-0.15, -0.1) is 17.8 Å². The molecule has 0 spiro atoms. The van der Waals surface area contributed by atoms with E-state index < -0.39 is 6.10 Å². The Kier molecular flexibility index (Phi) is 10.6. The molecule has 0 saturated heterocycles. The summed E-state index contributed by atoms with van der Waals surface area (Å²) >= 11 is 1.74. The number of fused-ring (bicyclic) bond motifs is 1. The first-order valence-electron chi connectivity index (χ1n) is 12.4. The number of carbonyl (C=O) groups excluding carboxylic acids is 1. The van der Waals surface area contributed by atoms with Gasteiger partial charge in [-0.25, -0.2) is 0 Å². The first-order valence-corrected chi connectivity index (χ1v) is 13.3. The molecule has 1 aliphatic heterocycles. The first-order chi connectivity index (χ1) is 16.9. The fourth-order valence-corrected chi connectivity index (χ4v) is 5.36. The molecule has 3 rings (SSSR count). The third kappa shape index (κ3) is 7.81. The van der Waals surface area contributed by atoms with E-state index in [1.807, 2.05) is 21.9 Å². The quantitative estimate of drug-likeness (QED) is 0.333. The summed E-state index contributed by atoms with van der Waals surface area (Å²) in [5, 5.41) is 12.4. The van der Waals surface area contributed by atoms with Gasteiger partial charge in [0, 0.05) is 18.0 Å². The maximum Gasteiger partial charge on any atom is 0.237 e. The van der Waals surface area contributed by atoms with Crippen LogP contribution < -0.4 is 4.74 Å². The van der Waals surface area contributed by atoms with E-state index in [1.165, 1.54) is 16.0 Å². The van der Waals surface area contributed by atoms with Gasteiger partial charge in [-0.3, -0.25) is 9.69 Å². The molecule has 35 heavy (non-hydrogen) atoms. The summed E-state index contributed by atoms with van der Waals surface area (Å²) in [5.41, 5.74) is 2.45. The normalized spacial score (nSPS) is 16.3. The number of thiophene rings is 1. The van der Waals surface area contributed by atoms with Crippen molar-refractivity contribution in [3.05, 3.63) is 51.7 Å². The second-order valence-corrected chi connectivity index (χ2v) is 10.3. The van der Waals surface area contributed by atoms with Gasteiger partial charge < -0.3 is 19.5 Å². The number of benzene rings is 1. The molecule has 0 radical (unpaired) electrons. The van der Waals surface area contributed by atoms with Gasteiger partial charge in [-0.1, -0.05) is 38.8 Å². The largest absolute Gasteiger partial charge is 0.491 e. The highest BCUT2D eigenvalue weighted by Crippen LogP contribution is 2.34. The fraction of sp³-hybridized carbons (Fsp3) is 0.536. The van der Waals surface area contributed by atoms with Gasteiger partial charge >= 0.3 is 0 Å². The highest BCUT2D eigenvalue weighted by atomic mass is 32.1. The summed E-state index contributed by atoms with van der Waals surface area (Å²) in [7, 11) is 0. The predicted octanol–water partition coefficient (Wildman–Crippen LogP) is 4.10. The number of rotatable bonds is 13. The predicted molar refractivity (Wildman–Crippen MR) is 141 cm³/mol. The molecule has 6 nitrogen and oxygen atoms in total. The topological polar surface area (TPSA) is 62.2 Å². The lowest BCUT2D eigenvalue weighted by molar-refractivity contribution is -0.136. The minimum Gasteiger partial charge on any atom is -0.491 e. The van der Waals surface area contributed by atoms with Crippen molar-refractivity contribution in [2.24, 2.45) is 0 Å². The molecule has 190 valence electrons. The molecule has 2 atom stereocenters. The van der Waals surface area contributed by atoms with Gasteiger partial charge in [-0.2, -0.15) is 0 Å². The van der Waals surface area contributed by atoms with Crippen molar-refractivity contribution >= 4 is 17.2 Å². The Balaban J connectivity index is 1.67. The van der Waals surface area contributed by atoms with Crippen LogP contribution in [0.5, 0.6) is 5.75 Å². The van der Waals surface area contributed by atoms with Crippen LogP contribution in [0.3, 0.4) is 0 Å². The number of aliphatic hydroxyl groups is 1. The number of nitrogens with zero attached hydrogens (tertiary/aromatic N) is 2. The molecular weight excluding hydrogens is 460 g/mol. The van der Waals surface area contributed by atoms with E-state index in [2.05, 4.69) is 50.3 Å². The second kappa shape index (κ2) is 13.6. The zero-order valence-corrected chi connectivity index (χ0v) is 21.9. The molecule has 0 aliphatic carbocycles. The summed E-state index contributed by atoms with van der Waals surface area (Å²) in [6, 6.07) is 10.2. The number of hydrogen-bond donors (Lipinski definition) is 1. The number of aliphatic hydroxyl groups excluding tert-OH is 1. The number of amides is 1. The van der Waals surface area contributed by atoms with Crippen molar-refractivity contribution in [3.63, 3.8) is 0 Å². The number of ether oxygens (including phenoxy) is 2. The first kappa shape index (κ1) is 27.2. The van der Waals surface area contributed by atoms with E-state index in [4.69, 9.17) is 15.9 Å². The van der Waals surface area contributed by atoms with Crippen molar-refractivity contribution in [3.8, 4) is 18.1 Å². The van der Waals surface area contributed by atoms with Crippen LogP contribution in [0.1, 0.15) is 55.2 Å². The van der Waals surface area contributed by atoms with E-state index in [-0.39, 0.29) is 31.7 Å². The SMILES string of the molecule is C#CCOC[C@@H](O)CN(CCC)CC(=O)N1CCc2sccc2[C@@H]1COc1ccc(C(C)C)cc1. The Bertz CT molecular complexity index is 966. The molecule has 1 aromatic heterocycles. The van der Waals surface area contributed by atoms with E-state index in [0.717, 1.165) is 25.1 Å². The molecule has 1 aliphatic rings. The smallest absolute Gasteiger partial charge is 0.237 e. The third-order valence-corrected chi connectivity index (χ3v) is 7.23. The molecule has 0 saturated carbocycles. The minimum absolute atomic E-state index is 0.0517. The maximum absolute atomic E-state index is 13.5.